The van der Waals surface area contributed by atoms with Gasteiger partial charge in [0.15, 0.2) is 0 Å². The highest BCUT2D eigenvalue weighted by Crippen LogP contribution is 2.25. The number of likely N-dealkylation sites (N-methyl/N-ethyl adjacent to an activating group) is 1. The van der Waals surface area contributed by atoms with Crippen molar-refractivity contribution in [2.75, 3.05) is 38.5 Å². The summed E-state index contributed by atoms with van der Waals surface area (Å²) >= 11 is 7.16. The van der Waals surface area contributed by atoms with Crippen LogP contribution in [0.4, 0.5) is 5.69 Å². The van der Waals surface area contributed by atoms with Gasteiger partial charge in [0, 0.05) is 25.3 Å². The van der Waals surface area contributed by atoms with Gasteiger partial charge in [0.1, 0.15) is 5.54 Å². The Morgan fingerprint density at radius 1 is 1.17 bits per heavy atom. The minimum absolute atomic E-state index is 0.191. The van der Waals surface area contributed by atoms with Crippen LogP contribution in [0.1, 0.15) is 27.2 Å². The van der Waals surface area contributed by atoms with Gasteiger partial charge in [-0.15, -0.1) is 11.3 Å². The fraction of sp³-hybridized carbons (Fsp3) is 0.429. The van der Waals surface area contributed by atoms with Crippen LogP contribution in [0.15, 0.2) is 30.3 Å². The Hall–Kier alpha value is -1.93. The van der Waals surface area contributed by atoms with Crippen LogP contribution in [-0.2, 0) is 17.6 Å². The van der Waals surface area contributed by atoms with E-state index in [9.17, 15) is 9.59 Å². The van der Waals surface area contributed by atoms with Gasteiger partial charge in [-0.2, -0.15) is 0 Å². The lowest BCUT2D eigenvalue weighted by Crippen LogP contribution is -2.58. The molecule has 154 valence electrons. The first-order chi connectivity index (χ1) is 13.9. The van der Waals surface area contributed by atoms with E-state index >= 15 is 0 Å². The molecule has 4 rings (SSSR count). The molecule has 2 aromatic rings. The zero-order valence-corrected chi connectivity index (χ0v) is 18.0. The molecule has 1 fully saturated rings. The van der Waals surface area contributed by atoms with Gasteiger partial charge in [-0.3, -0.25) is 9.59 Å². The predicted octanol–water partition coefficient (Wildman–Crippen LogP) is 2.53. The van der Waals surface area contributed by atoms with Crippen molar-refractivity contribution in [2.24, 2.45) is 0 Å². The highest BCUT2D eigenvalue weighted by molar-refractivity contribution is 7.18. The zero-order chi connectivity index (χ0) is 20.4. The highest BCUT2D eigenvalue weighted by Gasteiger charge is 2.43. The van der Waals surface area contributed by atoms with Gasteiger partial charge in [-0.1, -0.05) is 17.7 Å². The fourth-order valence-corrected chi connectivity index (χ4v) is 4.87. The van der Waals surface area contributed by atoms with E-state index in [0.717, 1.165) is 31.6 Å². The molecule has 1 atom stereocenters. The lowest BCUT2D eigenvalue weighted by molar-refractivity contribution is -0.121. The Balaban J connectivity index is 1.50. The summed E-state index contributed by atoms with van der Waals surface area (Å²) in [5, 5.41) is 9.19. The van der Waals surface area contributed by atoms with E-state index in [1.54, 1.807) is 12.1 Å². The van der Waals surface area contributed by atoms with Crippen LogP contribution < -0.4 is 16.0 Å². The average molecular weight is 433 g/mol. The average Bonchev–Trinajstić information content (AvgIpc) is 3.31. The molecule has 3 heterocycles. The molecule has 1 saturated heterocycles. The molecule has 2 aliphatic rings. The van der Waals surface area contributed by atoms with Crippen LogP contribution in [0.2, 0.25) is 4.34 Å². The van der Waals surface area contributed by atoms with Gasteiger partial charge in [0.25, 0.3) is 11.8 Å². The number of nitrogens with zero attached hydrogens (tertiary/aromatic N) is 1. The minimum atomic E-state index is -0.972. The first-order valence-corrected chi connectivity index (χ1v) is 11.0. The van der Waals surface area contributed by atoms with E-state index in [1.807, 2.05) is 6.07 Å². The number of hydrogen-bond donors (Lipinski definition) is 3. The molecule has 2 amide bonds. The summed E-state index contributed by atoms with van der Waals surface area (Å²) in [5.41, 5.74) is 2.43. The highest BCUT2D eigenvalue weighted by atomic mass is 35.5. The number of carbonyl (C=O) groups is 2. The number of rotatable bonds is 4. The summed E-state index contributed by atoms with van der Waals surface area (Å²) in [4.78, 5) is 28.7. The number of nitrogens with one attached hydrogen (secondary N) is 3. The predicted molar refractivity (Wildman–Crippen MR) is 117 cm³/mol. The Labute approximate surface area is 179 Å². The first-order valence-electron chi connectivity index (χ1n) is 9.86. The van der Waals surface area contributed by atoms with Gasteiger partial charge in [0.2, 0.25) is 0 Å². The standard InChI is InChI=1S/C21H25ClN4O2S/c1-26-10-6-14-2-3-16(12-15(14)7-11-26)24-20(28)21(8-9-23-13-21)25-19(27)17-4-5-18(22)29-17/h2-5,12,23H,6-11,13H2,1H3,(H,24,28)(H,25,27). The van der Waals surface area contributed by atoms with Crippen molar-refractivity contribution in [1.29, 1.82) is 0 Å². The molecule has 29 heavy (non-hydrogen) atoms. The zero-order valence-electron chi connectivity index (χ0n) is 16.4. The molecular formula is C21H25ClN4O2S. The Kier molecular flexibility index (Phi) is 5.92. The molecule has 1 aromatic heterocycles. The summed E-state index contributed by atoms with van der Waals surface area (Å²) in [6, 6.07) is 9.51. The van der Waals surface area contributed by atoms with Gasteiger partial charge >= 0.3 is 0 Å². The maximum absolute atomic E-state index is 13.2. The third-order valence-electron chi connectivity index (χ3n) is 5.73. The van der Waals surface area contributed by atoms with E-state index in [4.69, 9.17) is 11.6 Å². The Bertz CT molecular complexity index is 923. The lowest BCUT2D eigenvalue weighted by Gasteiger charge is -2.28. The molecular weight excluding hydrogens is 408 g/mol. The molecule has 8 heteroatoms. The molecule has 0 saturated carbocycles. The van der Waals surface area contributed by atoms with Crippen molar-refractivity contribution in [3.05, 3.63) is 50.7 Å². The minimum Gasteiger partial charge on any atom is -0.336 e. The number of benzene rings is 1. The van der Waals surface area contributed by atoms with Gasteiger partial charge < -0.3 is 20.9 Å². The summed E-state index contributed by atoms with van der Waals surface area (Å²) in [6.45, 7) is 3.14. The maximum Gasteiger partial charge on any atom is 0.262 e. The van der Waals surface area contributed by atoms with Crippen LogP contribution >= 0.6 is 22.9 Å². The molecule has 0 spiro atoms. The molecule has 2 aliphatic heterocycles. The van der Waals surface area contributed by atoms with E-state index in [-0.39, 0.29) is 11.8 Å². The smallest absolute Gasteiger partial charge is 0.262 e. The topological polar surface area (TPSA) is 73.5 Å². The number of halogens is 1. The van der Waals surface area contributed by atoms with Crippen molar-refractivity contribution in [3.8, 4) is 0 Å². The Morgan fingerprint density at radius 2 is 1.97 bits per heavy atom. The van der Waals surface area contributed by atoms with E-state index < -0.39 is 5.54 Å². The molecule has 1 aromatic carbocycles. The molecule has 0 bridgehead atoms. The second-order valence-electron chi connectivity index (χ2n) is 7.81. The van der Waals surface area contributed by atoms with Crippen LogP contribution in [0.25, 0.3) is 0 Å². The molecule has 6 nitrogen and oxygen atoms in total. The number of amides is 2. The number of anilines is 1. The van der Waals surface area contributed by atoms with Crippen molar-refractivity contribution in [1.82, 2.24) is 15.5 Å². The van der Waals surface area contributed by atoms with Crippen molar-refractivity contribution in [3.63, 3.8) is 0 Å². The third kappa shape index (κ3) is 4.48. The summed E-state index contributed by atoms with van der Waals surface area (Å²) < 4.78 is 0.550. The van der Waals surface area contributed by atoms with Crippen LogP contribution in [0.5, 0.6) is 0 Å². The lowest BCUT2D eigenvalue weighted by atomic mass is 9.96. The molecule has 3 N–H and O–H groups in total. The fourth-order valence-electron chi connectivity index (χ4n) is 3.93. The Morgan fingerprint density at radius 3 is 2.66 bits per heavy atom. The van der Waals surface area contributed by atoms with Gasteiger partial charge in [-0.05, 0) is 68.2 Å². The monoisotopic (exact) mass is 432 g/mol. The quantitative estimate of drug-likeness (QED) is 0.694. The van der Waals surface area contributed by atoms with Crippen LogP contribution in [0, 0.1) is 0 Å². The van der Waals surface area contributed by atoms with E-state index in [2.05, 4.69) is 40.0 Å². The maximum atomic E-state index is 13.2. The summed E-state index contributed by atoms with van der Waals surface area (Å²) in [6.07, 6.45) is 2.53. The van der Waals surface area contributed by atoms with E-state index in [0.29, 0.717) is 28.7 Å². The number of thiophene rings is 1. The normalized spacial score (nSPS) is 22.0. The second-order valence-corrected chi connectivity index (χ2v) is 9.52. The SMILES string of the molecule is CN1CCc2ccc(NC(=O)C3(NC(=O)c4ccc(Cl)s4)CCNC3)cc2CC1. The number of carbonyl (C=O) groups excluding carboxylic acids is 2. The molecule has 1 unspecified atom stereocenters. The number of fused-ring (bicyclic) bond motifs is 1. The van der Waals surface area contributed by atoms with Crippen molar-refractivity contribution in [2.45, 2.75) is 24.8 Å². The summed E-state index contributed by atoms with van der Waals surface area (Å²) in [7, 11) is 2.13. The van der Waals surface area contributed by atoms with Crippen LogP contribution in [0.3, 0.4) is 0 Å². The van der Waals surface area contributed by atoms with Crippen LogP contribution in [-0.4, -0.2) is 55.5 Å². The van der Waals surface area contributed by atoms with E-state index in [1.165, 1.54) is 22.5 Å². The molecule has 0 aliphatic carbocycles. The number of hydrogen-bond acceptors (Lipinski definition) is 5. The van der Waals surface area contributed by atoms with Gasteiger partial charge in [-0.25, -0.2) is 0 Å². The first kappa shape index (κ1) is 20.3. The van der Waals surface area contributed by atoms with Gasteiger partial charge in [0.05, 0.1) is 9.21 Å². The largest absolute Gasteiger partial charge is 0.336 e. The van der Waals surface area contributed by atoms with Crippen molar-refractivity contribution >= 4 is 40.4 Å². The second kappa shape index (κ2) is 8.44. The molecule has 0 radical (unpaired) electrons. The van der Waals surface area contributed by atoms with Crippen molar-refractivity contribution < 1.29 is 9.59 Å². The summed E-state index contributed by atoms with van der Waals surface area (Å²) in [5.74, 6) is -0.463. The third-order valence-corrected chi connectivity index (χ3v) is 6.96.